The van der Waals surface area contributed by atoms with E-state index in [-0.39, 0.29) is 11.9 Å². The Morgan fingerprint density at radius 1 is 1.04 bits per heavy atom. The second-order valence-corrected chi connectivity index (χ2v) is 6.94. The third kappa shape index (κ3) is 4.28. The Hall–Kier alpha value is -3.01. The summed E-state index contributed by atoms with van der Waals surface area (Å²) in [4.78, 5) is 12.8. The van der Waals surface area contributed by atoms with Gasteiger partial charge in [0.1, 0.15) is 11.5 Å². The highest BCUT2D eigenvalue weighted by Crippen LogP contribution is 2.27. The minimum atomic E-state index is -0.598. The summed E-state index contributed by atoms with van der Waals surface area (Å²) in [5.41, 5.74) is 2.11. The molecule has 1 N–H and O–H groups in total. The molecule has 0 saturated heterocycles. The second-order valence-electron chi connectivity index (χ2n) is 6.94. The molecule has 2 atom stereocenters. The fourth-order valence-corrected chi connectivity index (χ4v) is 3.37. The van der Waals surface area contributed by atoms with Crippen LogP contribution in [0.15, 0.2) is 60.7 Å². The summed E-state index contributed by atoms with van der Waals surface area (Å²) in [6.45, 7) is 5.84. The number of nitrogens with one attached hydrogen (secondary N) is 1. The van der Waals surface area contributed by atoms with Gasteiger partial charge in [-0.05, 0) is 48.9 Å². The van der Waals surface area contributed by atoms with E-state index >= 15 is 0 Å². The SMILES string of the molecule is CCC(NC(=O)C(C)Oc1cccc2ccccc12)c1ccc(OC)c(C)c1. The maximum absolute atomic E-state index is 12.8. The van der Waals surface area contributed by atoms with Crippen molar-refractivity contribution < 1.29 is 14.3 Å². The molecule has 0 spiro atoms. The van der Waals surface area contributed by atoms with E-state index in [0.29, 0.717) is 5.75 Å². The van der Waals surface area contributed by atoms with Crippen molar-refractivity contribution in [3.63, 3.8) is 0 Å². The molecule has 0 heterocycles. The van der Waals surface area contributed by atoms with Crippen LogP contribution < -0.4 is 14.8 Å². The number of rotatable bonds is 7. The quantitative estimate of drug-likeness (QED) is 0.616. The summed E-state index contributed by atoms with van der Waals surface area (Å²) in [5, 5.41) is 5.20. The molecule has 3 rings (SSSR count). The number of amides is 1. The summed E-state index contributed by atoms with van der Waals surface area (Å²) in [6.07, 6.45) is 0.192. The van der Waals surface area contributed by atoms with Gasteiger partial charge in [0.25, 0.3) is 5.91 Å². The van der Waals surface area contributed by atoms with Crippen LogP contribution in [0.5, 0.6) is 11.5 Å². The number of fused-ring (bicyclic) bond motifs is 1. The van der Waals surface area contributed by atoms with E-state index in [9.17, 15) is 4.79 Å². The standard InChI is InChI=1S/C24H27NO3/c1-5-21(19-13-14-22(27-4)16(2)15-19)25-24(26)17(3)28-23-12-8-10-18-9-6-7-11-20(18)23/h6-15,17,21H,5H2,1-4H3,(H,25,26). The molecule has 1 amide bonds. The molecule has 0 bridgehead atoms. The Balaban J connectivity index is 1.72. The largest absolute Gasteiger partial charge is 0.496 e. The van der Waals surface area contributed by atoms with Crippen LogP contribution in [-0.4, -0.2) is 19.1 Å². The van der Waals surface area contributed by atoms with Crippen molar-refractivity contribution >= 4 is 16.7 Å². The van der Waals surface area contributed by atoms with Gasteiger partial charge in [-0.2, -0.15) is 0 Å². The van der Waals surface area contributed by atoms with Crippen molar-refractivity contribution in [3.05, 3.63) is 71.8 Å². The van der Waals surface area contributed by atoms with Gasteiger partial charge in [-0.15, -0.1) is 0 Å². The molecule has 0 aliphatic carbocycles. The van der Waals surface area contributed by atoms with E-state index in [1.165, 1.54) is 0 Å². The first kappa shape index (κ1) is 19.7. The summed E-state index contributed by atoms with van der Waals surface area (Å²) in [5.74, 6) is 1.43. The van der Waals surface area contributed by atoms with Gasteiger partial charge in [0.15, 0.2) is 6.10 Å². The second kappa shape index (κ2) is 8.79. The van der Waals surface area contributed by atoms with Crippen LogP contribution in [0.3, 0.4) is 0 Å². The predicted octanol–water partition coefficient (Wildman–Crippen LogP) is 5.19. The monoisotopic (exact) mass is 377 g/mol. The molecule has 3 aromatic rings. The minimum Gasteiger partial charge on any atom is -0.496 e. The molecule has 4 heteroatoms. The van der Waals surface area contributed by atoms with Crippen molar-refractivity contribution in [2.24, 2.45) is 0 Å². The lowest BCUT2D eigenvalue weighted by molar-refractivity contribution is -0.128. The normalized spacial score (nSPS) is 13.0. The number of aryl methyl sites for hydroxylation is 1. The van der Waals surface area contributed by atoms with E-state index in [2.05, 4.69) is 18.3 Å². The van der Waals surface area contributed by atoms with Gasteiger partial charge in [-0.3, -0.25) is 4.79 Å². The Bertz CT molecular complexity index is 962. The van der Waals surface area contributed by atoms with Crippen LogP contribution in [0, 0.1) is 6.92 Å². The average molecular weight is 377 g/mol. The van der Waals surface area contributed by atoms with Crippen molar-refractivity contribution in [2.45, 2.75) is 39.3 Å². The van der Waals surface area contributed by atoms with Crippen molar-refractivity contribution in [1.29, 1.82) is 0 Å². The topological polar surface area (TPSA) is 47.6 Å². The Morgan fingerprint density at radius 3 is 2.50 bits per heavy atom. The molecule has 0 fully saturated rings. The number of methoxy groups -OCH3 is 1. The van der Waals surface area contributed by atoms with Gasteiger partial charge >= 0.3 is 0 Å². The maximum atomic E-state index is 12.8. The van der Waals surface area contributed by atoms with E-state index < -0.39 is 6.10 Å². The van der Waals surface area contributed by atoms with E-state index in [1.807, 2.05) is 61.5 Å². The zero-order chi connectivity index (χ0) is 20.1. The lowest BCUT2D eigenvalue weighted by atomic mass is 10.0. The van der Waals surface area contributed by atoms with Gasteiger partial charge < -0.3 is 14.8 Å². The smallest absolute Gasteiger partial charge is 0.261 e. The lowest BCUT2D eigenvalue weighted by Gasteiger charge is -2.22. The number of carbonyl (C=O) groups excluding carboxylic acids is 1. The van der Waals surface area contributed by atoms with Gasteiger partial charge in [0.2, 0.25) is 0 Å². The first-order valence-corrected chi connectivity index (χ1v) is 9.62. The fourth-order valence-electron chi connectivity index (χ4n) is 3.37. The van der Waals surface area contributed by atoms with Crippen LogP contribution in [0.25, 0.3) is 10.8 Å². The highest BCUT2D eigenvalue weighted by molar-refractivity contribution is 5.89. The minimum absolute atomic E-state index is 0.0735. The van der Waals surface area contributed by atoms with E-state index in [0.717, 1.165) is 34.1 Å². The van der Waals surface area contributed by atoms with E-state index in [1.54, 1.807) is 14.0 Å². The molecule has 3 aromatic carbocycles. The lowest BCUT2D eigenvalue weighted by Crippen LogP contribution is -2.38. The summed E-state index contributed by atoms with van der Waals surface area (Å²) in [7, 11) is 1.66. The zero-order valence-electron chi connectivity index (χ0n) is 16.9. The van der Waals surface area contributed by atoms with Crippen molar-refractivity contribution in [1.82, 2.24) is 5.32 Å². The molecule has 4 nitrogen and oxygen atoms in total. The Labute approximate surface area is 166 Å². The maximum Gasteiger partial charge on any atom is 0.261 e. The first-order valence-electron chi connectivity index (χ1n) is 9.62. The molecule has 0 radical (unpaired) electrons. The van der Waals surface area contributed by atoms with Gasteiger partial charge in [-0.1, -0.05) is 55.5 Å². The van der Waals surface area contributed by atoms with Gasteiger partial charge in [0.05, 0.1) is 13.2 Å². The fraction of sp³-hybridized carbons (Fsp3) is 0.292. The highest BCUT2D eigenvalue weighted by atomic mass is 16.5. The average Bonchev–Trinajstić information content (AvgIpc) is 2.72. The van der Waals surface area contributed by atoms with Crippen LogP contribution in [0.2, 0.25) is 0 Å². The van der Waals surface area contributed by atoms with Crippen LogP contribution in [0.1, 0.15) is 37.4 Å². The summed E-state index contributed by atoms with van der Waals surface area (Å²) >= 11 is 0. The Kier molecular flexibility index (Phi) is 6.19. The van der Waals surface area contributed by atoms with Gasteiger partial charge in [0, 0.05) is 5.39 Å². The first-order chi connectivity index (χ1) is 13.5. The van der Waals surface area contributed by atoms with Gasteiger partial charge in [-0.25, -0.2) is 0 Å². The predicted molar refractivity (Wildman–Crippen MR) is 113 cm³/mol. The summed E-state index contributed by atoms with van der Waals surface area (Å²) in [6, 6.07) is 19.8. The molecular weight excluding hydrogens is 350 g/mol. The van der Waals surface area contributed by atoms with Crippen molar-refractivity contribution in [2.75, 3.05) is 7.11 Å². The molecule has 2 unspecified atom stereocenters. The third-order valence-electron chi connectivity index (χ3n) is 4.97. The number of benzene rings is 3. The van der Waals surface area contributed by atoms with Crippen LogP contribution in [-0.2, 0) is 4.79 Å². The molecule has 0 aromatic heterocycles. The molecule has 146 valence electrons. The molecule has 0 aliphatic heterocycles. The zero-order valence-corrected chi connectivity index (χ0v) is 16.9. The number of carbonyl (C=O) groups is 1. The number of hydrogen-bond donors (Lipinski definition) is 1. The van der Waals surface area contributed by atoms with Crippen molar-refractivity contribution in [3.8, 4) is 11.5 Å². The molecular formula is C24H27NO3. The summed E-state index contributed by atoms with van der Waals surface area (Å²) < 4.78 is 11.3. The van der Waals surface area contributed by atoms with E-state index in [4.69, 9.17) is 9.47 Å². The van der Waals surface area contributed by atoms with Crippen LogP contribution in [0.4, 0.5) is 0 Å². The van der Waals surface area contributed by atoms with Crippen LogP contribution >= 0.6 is 0 Å². The highest BCUT2D eigenvalue weighted by Gasteiger charge is 2.20. The molecule has 28 heavy (non-hydrogen) atoms. The third-order valence-corrected chi connectivity index (χ3v) is 4.97. The molecule has 0 aliphatic rings. The number of hydrogen-bond acceptors (Lipinski definition) is 3. The Morgan fingerprint density at radius 2 is 1.79 bits per heavy atom. The number of ether oxygens (including phenoxy) is 2. The molecule has 0 saturated carbocycles.